The molecule has 0 unspecified atom stereocenters. The van der Waals surface area contributed by atoms with Gasteiger partial charge in [0.2, 0.25) is 0 Å². The average Bonchev–Trinajstić information content (AvgIpc) is 2.86. The molecule has 13 heavy (non-hydrogen) atoms. The van der Waals surface area contributed by atoms with Crippen molar-refractivity contribution in [2.24, 2.45) is 11.3 Å². The fourth-order valence-electron chi connectivity index (χ4n) is 2.83. The van der Waals surface area contributed by atoms with Crippen LogP contribution in [0.4, 0.5) is 0 Å². The van der Waals surface area contributed by atoms with Crippen molar-refractivity contribution in [1.29, 1.82) is 0 Å². The third-order valence-electron chi connectivity index (χ3n) is 4.67. The molecule has 0 aromatic heterocycles. The van der Waals surface area contributed by atoms with Crippen LogP contribution in [0, 0.1) is 11.3 Å². The fraction of sp³-hybridized carbons (Fsp3) is 1.00. The number of nitrogens with one attached hydrogen (secondary N) is 1. The van der Waals surface area contributed by atoms with E-state index >= 15 is 0 Å². The molecule has 0 saturated heterocycles. The lowest BCUT2D eigenvalue weighted by Crippen LogP contribution is -2.45. The third kappa shape index (κ3) is 1.76. The SMILES string of the molecule is CNC(C)(C)C1CCC2(CC1)CC2. The summed E-state index contributed by atoms with van der Waals surface area (Å²) in [5.74, 6) is 0.906. The number of hydrogen-bond donors (Lipinski definition) is 1. The van der Waals surface area contributed by atoms with Crippen LogP contribution in [0.2, 0.25) is 0 Å². The summed E-state index contributed by atoms with van der Waals surface area (Å²) in [5, 5.41) is 3.46. The van der Waals surface area contributed by atoms with Gasteiger partial charge in [0.05, 0.1) is 0 Å². The van der Waals surface area contributed by atoms with Crippen molar-refractivity contribution in [3.05, 3.63) is 0 Å². The predicted molar refractivity (Wildman–Crippen MR) is 56.8 cm³/mol. The molecule has 1 N–H and O–H groups in total. The van der Waals surface area contributed by atoms with E-state index in [0.717, 1.165) is 11.3 Å². The highest BCUT2D eigenvalue weighted by molar-refractivity contribution is 4.99. The normalized spacial score (nSPS) is 27.9. The molecular formula is C12H23N. The van der Waals surface area contributed by atoms with Gasteiger partial charge in [-0.2, -0.15) is 0 Å². The third-order valence-corrected chi connectivity index (χ3v) is 4.67. The Kier molecular flexibility index (Phi) is 2.18. The fourth-order valence-corrected chi connectivity index (χ4v) is 2.83. The van der Waals surface area contributed by atoms with Crippen molar-refractivity contribution in [2.75, 3.05) is 7.05 Å². The average molecular weight is 181 g/mol. The maximum atomic E-state index is 3.46. The molecule has 2 aliphatic carbocycles. The van der Waals surface area contributed by atoms with Crippen LogP contribution in [0.25, 0.3) is 0 Å². The summed E-state index contributed by atoms with van der Waals surface area (Å²) in [6.07, 6.45) is 8.96. The highest BCUT2D eigenvalue weighted by Gasteiger charge is 2.46. The topological polar surface area (TPSA) is 12.0 Å². The van der Waals surface area contributed by atoms with Gasteiger partial charge in [-0.05, 0) is 70.8 Å². The van der Waals surface area contributed by atoms with Crippen LogP contribution >= 0.6 is 0 Å². The molecule has 0 atom stereocenters. The van der Waals surface area contributed by atoms with E-state index < -0.39 is 0 Å². The van der Waals surface area contributed by atoms with Crippen LogP contribution in [-0.4, -0.2) is 12.6 Å². The summed E-state index contributed by atoms with van der Waals surface area (Å²) in [7, 11) is 2.10. The molecule has 0 aromatic carbocycles. The van der Waals surface area contributed by atoms with E-state index in [-0.39, 0.29) is 0 Å². The minimum atomic E-state index is 0.358. The molecule has 2 saturated carbocycles. The van der Waals surface area contributed by atoms with E-state index in [4.69, 9.17) is 0 Å². The van der Waals surface area contributed by atoms with Gasteiger partial charge in [-0.3, -0.25) is 0 Å². The first kappa shape index (κ1) is 9.51. The van der Waals surface area contributed by atoms with Gasteiger partial charge in [0.25, 0.3) is 0 Å². The molecule has 0 aliphatic heterocycles. The van der Waals surface area contributed by atoms with E-state index in [9.17, 15) is 0 Å². The van der Waals surface area contributed by atoms with Gasteiger partial charge in [0.15, 0.2) is 0 Å². The second kappa shape index (κ2) is 2.98. The number of hydrogen-bond acceptors (Lipinski definition) is 1. The van der Waals surface area contributed by atoms with Gasteiger partial charge in [0.1, 0.15) is 0 Å². The molecular weight excluding hydrogens is 158 g/mol. The Morgan fingerprint density at radius 2 is 1.62 bits per heavy atom. The molecule has 2 fully saturated rings. The maximum absolute atomic E-state index is 3.46. The standard InChI is InChI=1S/C12H23N/c1-11(2,13-3)10-4-6-12(7-5-10)8-9-12/h10,13H,4-9H2,1-3H3. The first-order valence-corrected chi connectivity index (χ1v) is 5.77. The van der Waals surface area contributed by atoms with Crippen LogP contribution in [0.15, 0.2) is 0 Å². The van der Waals surface area contributed by atoms with E-state index in [1.165, 1.54) is 38.5 Å². The van der Waals surface area contributed by atoms with Gasteiger partial charge in [-0.1, -0.05) is 0 Å². The summed E-state index contributed by atoms with van der Waals surface area (Å²) in [6, 6.07) is 0. The van der Waals surface area contributed by atoms with Crippen molar-refractivity contribution in [1.82, 2.24) is 5.32 Å². The summed E-state index contributed by atoms with van der Waals surface area (Å²) in [6.45, 7) is 4.70. The minimum Gasteiger partial charge on any atom is -0.315 e. The smallest absolute Gasteiger partial charge is 0.0150 e. The Morgan fingerprint density at radius 1 is 1.08 bits per heavy atom. The van der Waals surface area contributed by atoms with Crippen molar-refractivity contribution >= 4 is 0 Å². The molecule has 2 aliphatic rings. The molecule has 76 valence electrons. The molecule has 0 radical (unpaired) electrons. The molecule has 1 spiro atoms. The van der Waals surface area contributed by atoms with E-state index in [0.29, 0.717) is 5.54 Å². The highest BCUT2D eigenvalue weighted by atomic mass is 14.9. The molecule has 1 heteroatoms. The zero-order chi connectivity index (χ0) is 9.53. The Labute approximate surface area is 82.3 Å². The van der Waals surface area contributed by atoms with Gasteiger partial charge < -0.3 is 5.32 Å². The van der Waals surface area contributed by atoms with Crippen LogP contribution < -0.4 is 5.32 Å². The summed E-state index contributed by atoms with van der Waals surface area (Å²) in [5.41, 5.74) is 1.21. The Morgan fingerprint density at radius 3 is 2.00 bits per heavy atom. The quantitative estimate of drug-likeness (QED) is 0.690. The lowest BCUT2D eigenvalue weighted by atomic mass is 9.72. The predicted octanol–water partition coefficient (Wildman–Crippen LogP) is 2.95. The van der Waals surface area contributed by atoms with E-state index in [1.54, 1.807) is 0 Å². The Bertz CT molecular complexity index is 181. The van der Waals surface area contributed by atoms with Gasteiger partial charge >= 0.3 is 0 Å². The van der Waals surface area contributed by atoms with Crippen molar-refractivity contribution in [2.45, 2.75) is 57.9 Å². The molecule has 0 bridgehead atoms. The van der Waals surface area contributed by atoms with Crippen LogP contribution in [0.5, 0.6) is 0 Å². The maximum Gasteiger partial charge on any atom is 0.0150 e. The summed E-state index contributed by atoms with van der Waals surface area (Å²) in [4.78, 5) is 0. The second-order valence-electron chi connectivity index (χ2n) is 5.75. The zero-order valence-electron chi connectivity index (χ0n) is 9.32. The van der Waals surface area contributed by atoms with Crippen molar-refractivity contribution in [3.8, 4) is 0 Å². The first-order chi connectivity index (χ1) is 6.08. The van der Waals surface area contributed by atoms with E-state index in [1.807, 2.05) is 0 Å². The van der Waals surface area contributed by atoms with Crippen molar-refractivity contribution in [3.63, 3.8) is 0 Å². The molecule has 0 amide bonds. The Hall–Kier alpha value is -0.0400. The van der Waals surface area contributed by atoms with Crippen molar-refractivity contribution < 1.29 is 0 Å². The van der Waals surface area contributed by atoms with Crippen LogP contribution in [-0.2, 0) is 0 Å². The molecule has 0 heterocycles. The first-order valence-electron chi connectivity index (χ1n) is 5.77. The van der Waals surface area contributed by atoms with Crippen LogP contribution in [0.1, 0.15) is 52.4 Å². The molecule has 2 rings (SSSR count). The lowest BCUT2D eigenvalue weighted by molar-refractivity contribution is 0.163. The van der Waals surface area contributed by atoms with Gasteiger partial charge in [-0.25, -0.2) is 0 Å². The zero-order valence-corrected chi connectivity index (χ0v) is 9.32. The molecule has 0 aromatic rings. The lowest BCUT2D eigenvalue weighted by Gasteiger charge is -2.39. The molecule has 1 nitrogen and oxygen atoms in total. The number of rotatable bonds is 2. The van der Waals surface area contributed by atoms with Crippen LogP contribution in [0.3, 0.4) is 0 Å². The highest BCUT2D eigenvalue weighted by Crippen LogP contribution is 2.58. The van der Waals surface area contributed by atoms with Gasteiger partial charge in [0, 0.05) is 5.54 Å². The Balaban J connectivity index is 1.90. The van der Waals surface area contributed by atoms with Gasteiger partial charge in [-0.15, -0.1) is 0 Å². The van der Waals surface area contributed by atoms with E-state index in [2.05, 4.69) is 26.2 Å². The second-order valence-corrected chi connectivity index (χ2v) is 5.75. The monoisotopic (exact) mass is 181 g/mol. The largest absolute Gasteiger partial charge is 0.315 e. The summed E-state index contributed by atoms with van der Waals surface area (Å²) >= 11 is 0. The summed E-state index contributed by atoms with van der Waals surface area (Å²) < 4.78 is 0. The minimum absolute atomic E-state index is 0.358.